The number of hydrogen-bond donors (Lipinski definition) is 2. The molecule has 1 amide bonds. The van der Waals surface area contributed by atoms with E-state index < -0.39 is 0 Å². The average molecular weight is 171 g/mol. The first-order chi connectivity index (χ1) is 5.63. The molecule has 0 aromatic carbocycles. The summed E-state index contributed by atoms with van der Waals surface area (Å²) < 4.78 is 0. The Morgan fingerprint density at radius 1 is 1.67 bits per heavy atom. The number of carbonyl (C=O) groups excluding carboxylic acids is 1. The summed E-state index contributed by atoms with van der Waals surface area (Å²) in [6.07, 6.45) is 2.14. The zero-order valence-electron chi connectivity index (χ0n) is 7.71. The van der Waals surface area contributed by atoms with Crippen molar-refractivity contribution in [3.05, 3.63) is 0 Å². The first-order valence-corrected chi connectivity index (χ1v) is 4.62. The van der Waals surface area contributed by atoms with Crippen molar-refractivity contribution in [1.82, 2.24) is 5.32 Å². The zero-order chi connectivity index (χ0) is 9.14. The van der Waals surface area contributed by atoms with Gasteiger partial charge in [0.1, 0.15) is 0 Å². The van der Waals surface area contributed by atoms with Gasteiger partial charge in [-0.15, -0.1) is 0 Å². The topological polar surface area (TPSA) is 49.3 Å². The lowest BCUT2D eigenvalue weighted by Crippen LogP contribution is -2.48. The Morgan fingerprint density at radius 2 is 2.25 bits per heavy atom. The van der Waals surface area contributed by atoms with Crippen LogP contribution < -0.4 is 5.32 Å². The van der Waals surface area contributed by atoms with E-state index in [-0.39, 0.29) is 24.0 Å². The predicted molar refractivity (Wildman–Crippen MR) is 46.6 cm³/mol. The number of aliphatic hydroxyl groups is 1. The van der Waals surface area contributed by atoms with E-state index in [4.69, 9.17) is 5.11 Å². The van der Waals surface area contributed by atoms with Gasteiger partial charge in [-0.3, -0.25) is 4.79 Å². The highest BCUT2D eigenvalue weighted by molar-refractivity contribution is 5.78. The highest BCUT2D eigenvalue weighted by atomic mass is 16.3. The molecule has 1 fully saturated rings. The Morgan fingerprint density at radius 3 is 2.67 bits per heavy atom. The van der Waals surface area contributed by atoms with Gasteiger partial charge in [-0.05, 0) is 19.3 Å². The van der Waals surface area contributed by atoms with Crippen molar-refractivity contribution in [3.63, 3.8) is 0 Å². The smallest absolute Gasteiger partial charge is 0.223 e. The van der Waals surface area contributed by atoms with Gasteiger partial charge in [-0.1, -0.05) is 13.8 Å². The molecule has 3 nitrogen and oxygen atoms in total. The maximum Gasteiger partial charge on any atom is 0.223 e. The fourth-order valence-corrected chi connectivity index (χ4v) is 1.23. The quantitative estimate of drug-likeness (QED) is 0.655. The van der Waals surface area contributed by atoms with Crippen molar-refractivity contribution in [2.24, 2.45) is 5.92 Å². The highest BCUT2D eigenvalue weighted by Gasteiger charge is 2.29. The van der Waals surface area contributed by atoms with Crippen LogP contribution >= 0.6 is 0 Å². The molecule has 0 bridgehead atoms. The summed E-state index contributed by atoms with van der Waals surface area (Å²) in [5, 5.41) is 11.9. The van der Waals surface area contributed by atoms with Gasteiger partial charge in [-0.25, -0.2) is 0 Å². The lowest BCUT2D eigenvalue weighted by Gasteiger charge is -2.32. The van der Waals surface area contributed by atoms with Crippen molar-refractivity contribution in [3.8, 4) is 0 Å². The fourth-order valence-electron chi connectivity index (χ4n) is 1.23. The lowest BCUT2D eigenvalue weighted by molar-refractivity contribution is -0.126. The van der Waals surface area contributed by atoms with Gasteiger partial charge in [0.05, 0.1) is 6.10 Å². The molecule has 1 aliphatic carbocycles. The minimum atomic E-state index is -0.188. The standard InChI is InChI=1S/C9H17NO2/c1-3-6(2)9(12)10-7-4-8(11)5-7/h6-8,11H,3-5H2,1-2H3,(H,10,12). The Labute approximate surface area is 73.2 Å². The van der Waals surface area contributed by atoms with Gasteiger partial charge < -0.3 is 10.4 Å². The fraction of sp³-hybridized carbons (Fsp3) is 0.889. The number of aliphatic hydroxyl groups excluding tert-OH is 1. The maximum atomic E-state index is 11.3. The maximum absolute atomic E-state index is 11.3. The highest BCUT2D eigenvalue weighted by Crippen LogP contribution is 2.19. The summed E-state index contributed by atoms with van der Waals surface area (Å²) in [6, 6.07) is 0.224. The summed E-state index contributed by atoms with van der Waals surface area (Å²) in [5.74, 6) is 0.220. The molecular formula is C9H17NO2. The number of nitrogens with one attached hydrogen (secondary N) is 1. The van der Waals surface area contributed by atoms with Crippen LogP contribution in [0.1, 0.15) is 33.1 Å². The molecule has 0 radical (unpaired) electrons. The lowest BCUT2D eigenvalue weighted by atomic mass is 9.89. The Hall–Kier alpha value is -0.570. The van der Waals surface area contributed by atoms with E-state index in [1.165, 1.54) is 0 Å². The van der Waals surface area contributed by atoms with E-state index in [0.29, 0.717) is 0 Å². The molecule has 1 aliphatic rings. The molecule has 70 valence electrons. The third kappa shape index (κ3) is 2.21. The van der Waals surface area contributed by atoms with E-state index in [2.05, 4.69) is 5.32 Å². The largest absolute Gasteiger partial charge is 0.393 e. The van der Waals surface area contributed by atoms with E-state index >= 15 is 0 Å². The normalized spacial score (nSPS) is 30.6. The minimum Gasteiger partial charge on any atom is -0.393 e. The molecule has 2 N–H and O–H groups in total. The third-order valence-corrected chi connectivity index (χ3v) is 2.52. The van der Waals surface area contributed by atoms with Gasteiger partial charge in [-0.2, -0.15) is 0 Å². The molecule has 0 saturated heterocycles. The molecular weight excluding hydrogens is 154 g/mol. The summed E-state index contributed by atoms with van der Waals surface area (Å²) >= 11 is 0. The number of carbonyl (C=O) groups is 1. The predicted octanol–water partition coefficient (Wildman–Crippen LogP) is 0.672. The zero-order valence-corrected chi connectivity index (χ0v) is 7.71. The Kier molecular flexibility index (Phi) is 3.09. The molecule has 3 heteroatoms. The van der Waals surface area contributed by atoms with E-state index in [0.717, 1.165) is 19.3 Å². The average Bonchev–Trinajstić information content (AvgIpc) is 2.00. The van der Waals surface area contributed by atoms with Crippen molar-refractivity contribution in [2.45, 2.75) is 45.3 Å². The Bertz CT molecular complexity index is 164. The van der Waals surface area contributed by atoms with E-state index in [1.807, 2.05) is 13.8 Å². The second kappa shape index (κ2) is 3.90. The number of amides is 1. The van der Waals surface area contributed by atoms with Gasteiger partial charge in [0.2, 0.25) is 5.91 Å². The molecule has 1 rings (SSSR count). The van der Waals surface area contributed by atoms with Crippen LogP contribution in [0.3, 0.4) is 0 Å². The number of rotatable bonds is 3. The summed E-state index contributed by atoms with van der Waals surface area (Å²) in [6.45, 7) is 3.92. The summed E-state index contributed by atoms with van der Waals surface area (Å²) in [4.78, 5) is 11.3. The van der Waals surface area contributed by atoms with Crippen LogP contribution in [0.5, 0.6) is 0 Å². The van der Waals surface area contributed by atoms with Crippen molar-refractivity contribution in [1.29, 1.82) is 0 Å². The van der Waals surface area contributed by atoms with Crippen LogP contribution in [0.15, 0.2) is 0 Å². The van der Waals surface area contributed by atoms with Crippen LogP contribution in [0, 0.1) is 5.92 Å². The molecule has 0 aromatic heterocycles. The summed E-state index contributed by atoms with van der Waals surface area (Å²) in [5.41, 5.74) is 0. The second-order valence-electron chi connectivity index (χ2n) is 3.64. The van der Waals surface area contributed by atoms with E-state index in [9.17, 15) is 4.79 Å². The van der Waals surface area contributed by atoms with Crippen LogP contribution in [-0.4, -0.2) is 23.2 Å². The Balaban J connectivity index is 2.18. The van der Waals surface area contributed by atoms with Gasteiger partial charge in [0.25, 0.3) is 0 Å². The van der Waals surface area contributed by atoms with Crippen molar-refractivity contribution in [2.75, 3.05) is 0 Å². The molecule has 0 heterocycles. The van der Waals surface area contributed by atoms with Crippen LogP contribution in [-0.2, 0) is 4.79 Å². The second-order valence-corrected chi connectivity index (χ2v) is 3.64. The monoisotopic (exact) mass is 171 g/mol. The first-order valence-electron chi connectivity index (χ1n) is 4.62. The van der Waals surface area contributed by atoms with Gasteiger partial charge in [0, 0.05) is 12.0 Å². The molecule has 1 saturated carbocycles. The van der Waals surface area contributed by atoms with Crippen molar-refractivity contribution >= 4 is 5.91 Å². The van der Waals surface area contributed by atoms with Crippen LogP contribution in [0.25, 0.3) is 0 Å². The molecule has 0 aliphatic heterocycles. The van der Waals surface area contributed by atoms with Gasteiger partial charge in [0.15, 0.2) is 0 Å². The molecule has 12 heavy (non-hydrogen) atoms. The third-order valence-electron chi connectivity index (χ3n) is 2.52. The summed E-state index contributed by atoms with van der Waals surface area (Å²) in [7, 11) is 0. The first kappa shape index (κ1) is 9.52. The SMILES string of the molecule is CCC(C)C(=O)NC1CC(O)C1. The van der Waals surface area contributed by atoms with Gasteiger partial charge >= 0.3 is 0 Å². The van der Waals surface area contributed by atoms with Crippen molar-refractivity contribution < 1.29 is 9.90 Å². The number of hydrogen-bond acceptors (Lipinski definition) is 2. The molecule has 0 spiro atoms. The molecule has 1 unspecified atom stereocenters. The van der Waals surface area contributed by atoms with Crippen LogP contribution in [0.2, 0.25) is 0 Å². The molecule has 1 atom stereocenters. The van der Waals surface area contributed by atoms with Crippen LogP contribution in [0.4, 0.5) is 0 Å². The van der Waals surface area contributed by atoms with E-state index in [1.54, 1.807) is 0 Å². The minimum absolute atomic E-state index is 0.0998. The molecule has 0 aromatic rings.